The first kappa shape index (κ1) is 25.6. The fraction of sp³-hybridized carbons (Fsp3) is 0.429. The molecule has 1 N–H and O–H groups in total. The molecular formula is C28H31FN4O3S. The van der Waals surface area contributed by atoms with Crippen LogP contribution in [0.4, 0.5) is 4.39 Å². The second-order valence-electron chi connectivity index (χ2n) is 9.86. The number of carbonyl (C=O) groups excluding carboxylic acids is 2. The highest BCUT2D eigenvalue weighted by atomic mass is 32.2. The number of hydrogen-bond donors (Lipinski definition) is 1. The van der Waals surface area contributed by atoms with E-state index in [1.54, 1.807) is 19.1 Å². The van der Waals surface area contributed by atoms with Crippen LogP contribution in [0, 0.1) is 12.7 Å². The van der Waals surface area contributed by atoms with Crippen molar-refractivity contribution in [2.75, 3.05) is 13.1 Å². The zero-order valence-corrected chi connectivity index (χ0v) is 21.8. The Morgan fingerprint density at radius 1 is 1.08 bits per heavy atom. The van der Waals surface area contributed by atoms with Crippen molar-refractivity contribution in [3.8, 4) is 0 Å². The number of benzene rings is 2. The summed E-state index contributed by atoms with van der Waals surface area (Å²) in [5, 5.41) is 2.72. The predicted molar refractivity (Wildman–Crippen MR) is 142 cm³/mol. The number of likely N-dealkylation sites (tertiary alicyclic amines) is 1. The number of hydrogen-bond acceptors (Lipinski definition) is 6. The summed E-state index contributed by atoms with van der Waals surface area (Å²) in [7, 11) is 0. The molecule has 0 bridgehead atoms. The van der Waals surface area contributed by atoms with Gasteiger partial charge in [-0.05, 0) is 68.6 Å². The molecule has 1 unspecified atom stereocenters. The molecule has 3 aromatic rings. The molecule has 2 aliphatic heterocycles. The van der Waals surface area contributed by atoms with Crippen LogP contribution in [0.1, 0.15) is 61.5 Å². The van der Waals surface area contributed by atoms with E-state index in [2.05, 4.69) is 15.2 Å². The van der Waals surface area contributed by atoms with Crippen LogP contribution in [0.2, 0.25) is 0 Å². The Hall–Kier alpha value is -3.04. The molecule has 5 rings (SSSR count). The van der Waals surface area contributed by atoms with Crippen LogP contribution in [-0.4, -0.2) is 39.4 Å². The molecule has 1 aromatic heterocycles. The number of fused-ring (bicyclic) bond motifs is 1. The van der Waals surface area contributed by atoms with Gasteiger partial charge in [0.25, 0.3) is 5.56 Å². The number of amides is 2. The SMILES string of the molecule is Cc1nc2cccc(SCc3ccc(CN4CCCCCC4)cc3F)c2c(=O)n1C1CCC(=O)NC1=O. The number of halogens is 1. The van der Waals surface area contributed by atoms with E-state index in [9.17, 15) is 14.4 Å². The number of aromatic nitrogens is 2. The average Bonchev–Trinajstić information content (AvgIpc) is 3.13. The van der Waals surface area contributed by atoms with E-state index in [1.165, 1.54) is 42.0 Å². The van der Waals surface area contributed by atoms with Crippen molar-refractivity contribution in [3.05, 3.63) is 69.5 Å². The van der Waals surface area contributed by atoms with Crippen LogP contribution in [0.25, 0.3) is 10.9 Å². The minimum Gasteiger partial charge on any atom is -0.299 e. The topological polar surface area (TPSA) is 84.3 Å². The van der Waals surface area contributed by atoms with E-state index in [0.717, 1.165) is 25.2 Å². The lowest BCUT2D eigenvalue weighted by Crippen LogP contribution is -2.45. The number of carbonyl (C=O) groups is 2. The molecule has 0 radical (unpaired) electrons. The molecule has 7 nitrogen and oxygen atoms in total. The first-order valence-corrected chi connectivity index (χ1v) is 13.9. The number of nitrogens with one attached hydrogen (secondary N) is 1. The fourth-order valence-electron chi connectivity index (χ4n) is 5.25. The van der Waals surface area contributed by atoms with E-state index in [1.807, 2.05) is 24.3 Å². The van der Waals surface area contributed by atoms with Gasteiger partial charge in [0.05, 0.1) is 10.9 Å². The largest absolute Gasteiger partial charge is 0.299 e. The van der Waals surface area contributed by atoms with E-state index in [-0.39, 0.29) is 30.1 Å². The molecule has 2 amide bonds. The molecule has 1 atom stereocenters. The van der Waals surface area contributed by atoms with Crippen LogP contribution in [0.5, 0.6) is 0 Å². The summed E-state index contributed by atoms with van der Waals surface area (Å²) in [4.78, 5) is 45.3. The Morgan fingerprint density at radius 3 is 2.59 bits per heavy atom. The van der Waals surface area contributed by atoms with E-state index in [4.69, 9.17) is 0 Å². The van der Waals surface area contributed by atoms with E-state index < -0.39 is 11.9 Å². The summed E-state index contributed by atoms with van der Waals surface area (Å²) in [6, 6.07) is 10.1. The van der Waals surface area contributed by atoms with Crippen molar-refractivity contribution >= 4 is 34.5 Å². The minimum absolute atomic E-state index is 0.170. The van der Waals surface area contributed by atoms with Crippen LogP contribution in [-0.2, 0) is 21.9 Å². The molecule has 194 valence electrons. The molecule has 3 heterocycles. The first-order valence-electron chi connectivity index (χ1n) is 12.9. The van der Waals surface area contributed by atoms with Crippen molar-refractivity contribution in [1.29, 1.82) is 0 Å². The normalized spacial score (nSPS) is 19.1. The van der Waals surface area contributed by atoms with Crippen LogP contribution in [0.15, 0.2) is 46.1 Å². The maximum Gasteiger partial charge on any atom is 0.263 e. The lowest BCUT2D eigenvalue weighted by Gasteiger charge is -2.24. The van der Waals surface area contributed by atoms with E-state index in [0.29, 0.717) is 32.9 Å². The molecule has 2 saturated heterocycles. The third kappa shape index (κ3) is 5.62. The summed E-state index contributed by atoms with van der Waals surface area (Å²) in [6.45, 7) is 4.57. The van der Waals surface area contributed by atoms with Gasteiger partial charge in [-0.2, -0.15) is 0 Å². The van der Waals surface area contributed by atoms with Crippen LogP contribution < -0.4 is 10.9 Å². The number of aryl methyl sites for hydroxylation is 1. The second kappa shape index (κ2) is 11.1. The van der Waals surface area contributed by atoms with Crippen LogP contribution in [0.3, 0.4) is 0 Å². The quantitative estimate of drug-likeness (QED) is 0.379. The molecule has 2 aliphatic rings. The molecule has 0 saturated carbocycles. The Balaban J connectivity index is 1.37. The lowest BCUT2D eigenvalue weighted by molar-refractivity contribution is -0.135. The van der Waals surface area contributed by atoms with Gasteiger partial charge in [0.2, 0.25) is 11.8 Å². The molecular weight excluding hydrogens is 491 g/mol. The average molecular weight is 523 g/mol. The third-order valence-electron chi connectivity index (χ3n) is 7.20. The number of piperidine rings is 1. The van der Waals surface area contributed by atoms with Crippen molar-refractivity contribution in [3.63, 3.8) is 0 Å². The van der Waals surface area contributed by atoms with Gasteiger partial charge in [0, 0.05) is 23.6 Å². The zero-order chi connectivity index (χ0) is 25.9. The molecule has 2 aromatic carbocycles. The standard InChI is InChI=1S/C28H31FN4O3S/c1-18-30-22-7-6-8-24(26(22)28(36)33(18)23-11-12-25(34)31-27(23)35)37-17-20-10-9-19(15-21(20)29)16-32-13-4-2-3-5-14-32/h6-10,15,23H,2-5,11-14,16-17H2,1H3,(H,31,34,35). The summed E-state index contributed by atoms with van der Waals surface area (Å²) in [5.74, 6) is -0.289. The number of nitrogens with zero attached hydrogens (tertiary/aromatic N) is 3. The first-order chi connectivity index (χ1) is 17.9. The van der Waals surface area contributed by atoms with Gasteiger partial charge in [-0.15, -0.1) is 11.8 Å². The van der Waals surface area contributed by atoms with Gasteiger partial charge < -0.3 is 0 Å². The highest BCUT2D eigenvalue weighted by molar-refractivity contribution is 7.98. The van der Waals surface area contributed by atoms with Gasteiger partial charge in [0.15, 0.2) is 0 Å². The molecule has 0 spiro atoms. The van der Waals surface area contributed by atoms with Gasteiger partial charge >= 0.3 is 0 Å². The van der Waals surface area contributed by atoms with Crippen molar-refractivity contribution in [2.45, 2.75) is 68.7 Å². The summed E-state index contributed by atoms with van der Waals surface area (Å²) >= 11 is 1.38. The lowest BCUT2D eigenvalue weighted by atomic mass is 10.1. The maximum atomic E-state index is 15.0. The smallest absolute Gasteiger partial charge is 0.263 e. The van der Waals surface area contributed by atoms with Crippen molar-refractivity contribution in [2.24, 2.45) is 0 Å². The Morgan fingerprint density at radius 2 is 1.86 bits per heavy atom. The summed E-state index contributed by atoms with van der Waals surface area (Å²) in [5.41, 5.74) is 1.76. The molecule has 37 heavy (non-hydrogen) atoms. The van der Waals surface area contributed by atoms with Gasteiger partial charge in [0.1, 0.15) is 17.7 Å². The molecule has 0 aliphatic carbocycles. The summed E-state index contributed by atoms with van der Waals surface area (Å²) < 4.78 is 16.4. The Kier molecular flexibility index (Phi) is 7.71. The second-order valence-corrected chi connectivity index (χ2v) is 10.9. The third-order valence-corrected chi connectivity index (χ3v) is 8.30. The summed E-state index contributed by atoms with van der Waals surface area (Å²) in [6.07, 6.45) is 5.35. The Labute approximate surface area is 219 Å². The monoisotopic (exact) mass is 522 g/mol. The van der Waals surface area contributed by atoms with E-state index >= 15 is 4.39 Å². The van der Waals surface area contributed by atoms with Gasteiger partial charge in [-0.25, -0.2) is 9.37 Å². The van der Waals surface area contributed by atoms with Crippen molar-refractivity contribution < 1.29 is 14.0 Å². The highest BCUT2D eigenvalue weighted by Gasteiger charge is 2.30. The van der Waals surface area contributed by atoms with Gasteiger partial charge in [-0.1, -0.05) is 31.0 Å². The van der Waals surface area contributed by atoms with Gasteiger partial charge in [-0.3, -0.25) is 29.2 Å². The molecule has 9 heteroatoms. The highest BCUT2D eigenvalue weighted by Crippen LogP contribution is 2.30. The number of imide groups is 1. The Bertz CT molecular complexity index is 1400. The fourth-order valence-corrected chi connectivity index (χ4v) is 6.31. The zero-order valence-electron chi connectivity index (χ0n) is 21.0. The minimum atomic E-state index is -0.783. The maximum absolute atomic E-state index is 15.0. The predicted octanol–water partition coefficient (Wildman–Crippen LogP) is 4.49. The van der Waals surface area contributed by atoms with Crippen molar-refractivity contribution in [1.82, 2.24) is 19.8 Å². The number of rotatable bonds is 6. The molecule has 2 fully saturated rings. The number of thioether (sulfide) groups is 1. The van der Waals surface area contributed by atoms with Crippen LogP contribution >= 0.6 is 11.8 Å².